The average molecular weight is 208 g/mol. The summed E-state index contributed by atoms with van der Waals surface area (Å²) in [5.41, 5.74) is 1.12. The molecule has 1 aliphatic rings. The van der Waals surface area contributed by atoms with E-state index in [1.165, 1.54) is 19.3 Å². The normalized spacial score (nSPS) is 34.7. The van der Waals surface area contributed by atoms with E-state index in [1.54, 1.807) is 0 Å². The number of rotatable bonds is 4. The Morgan fingerprint density at radius 1 is 1.27 bits per heavy atom. The molecule has 2 unspecified atom stereocenters. The lowest BCUT2D eigenvalue weighted by molar-refractivity contribution is -0.149. The minimum atomic E-state index is 0.517. The number of allylic oxidation sites excluding steroid dienone is 2. The summed E-state index contributed by atoms with van der Waals surface area (Å²) in [7, 11) is 0. The number of hydrogen-bond acceptors (Lipinski definition) is 0. The van der Waals surface area contributed by atoms with Gasteiger partial charge >= 0.3 is 0 Å². The maximum absolute atomic E-state index is 2.51. The van der Waals surface area contributed by atoms with Crippen LogP contribution in [0.25, 0.3) is 0 Å². The molecule has 2 atom stereocenters. The first kappa shape index (κ1) is 12.8. The summed E-state index contributed by atoms with van der Waals surface area (Å²) in [5, 5.41) is 0. The second-order valence-corrected chi connectivity index (χ2v) is 5.76. The van der Waals surface area contributed by atoms with E-state index >= 15 is 0 Å². The Hall–Kier alpha value is -0.260. The Balaban J connectivity index is 2.98. The summed E-state index contributed by atoms with van der Waals surface area (Å²) in [6.07, 6.45) is 8.75. The molecular formula is C15H28. The van der Waals surface area contributed by atoms with Gasteiger partial charge in [-0.3, -0.25) is 0 Å². The van der Waals surface area contributed by atoms with Crippen molar-refractivity contribution in [2.45, 2.75) is 60.8 Å². The van der Waals surface area contributed by atoms with E-state index in [1.807, 2.05) is 0 Å². The van der Waals surface area contributed by atoms with Crippen LogP contribution in [-0.4, -0.2) is 0 Å². The summed E-state index contributed by atoms with van der Waals surface area (Å²) in [4.78, 5) is 0. The zero-order valence-electron chi connectivity index (χ0n) is 11.4. The van der Waals surface area contributed by atoms with Gasteiger partial charge in [0.25, 0.3) is 0 Å². The van der Waals surface area contributed by atoms with E-state index < -0.39 is 0 Å². The molecule has 15 heavy (non-hydrogen) atoms. The third-order valence-corrected chi connectivity index (χ3v) is 5.50. The van der Waals surface area contributed by atoms with Crippen molar-refractivity contribution in [2.24, 2.45) is 22.7 Å². The molecule has 1 rings (SSSR count). The fraction of sp³-hybridized carbons (Fsp3) is 0.867. The first-order valence-electron chi connectivity index (χ1n) is 6.61. The Labute approximate surface area is 96.2 Å². The van der Waals surface area contributed by atoms with Crippen LogP contribution in [0.5, 0.6) is 0 Å². The van der Waals surface area contributed by atoms with Crippen LogP contribution < -0.4 is 0 Å². The van der Waals surface area contributed by atoms with Crippen molar-refractivity contribution >= 4 is 0 Å². The third kappa shape index (κ3) is 1.57. The van der Waals surface area contributed by atoms with E-state index in [4.69, 9.17) is 0 Å². The van der Waals surface area contributed by atoms with E-state index in [9.17, 15) is 0 Å². The van der Waals surface area contributed by atoms with Crippen LogP contribution >= 0.6 is 0 Å². The van der Waals surface area contributed by atoms with Crippen LogP contribution in [-0.2, 0) is 0 Å². The van der Waals surface area contributed by atoms with Gasteiger partial charge in [0.1, 0.15) is 0 Å². The van der Waals surface area contributed by atoms with Crippen LogP contribution in [0, 0.1) is 22.7 Å². The predicted octanol–water partition coefficient (Wildman–Crippen LogP) is 5.05. The molecule has 0 amide bonds. The summed E-state index contributed by atoms with van der Waals surface area (Å²) >= 11 is 0. The molecule has 0 heteroatoms. The van der Waals surface area contributed by atoms with Crippen molar-refractivity contribution in [2.75, 3.05) is 0 Å². The fourth-order valence-corrected chi connectivity index (χ4v) is 3.96. The molecular weight excluding hydrogens is 180 g/mol. The molecule has 0 N–H and O–H groups in total. The largest absolute Gasteiger partial charge is 0.0914 e. The van der Waals surface area contributed by atoms with Crippen molar-refractivity contribution < 1.29 is 0 Å². The van der Waals surface area contributed by atoms with E-state index in [-0.39, 0.29) is 0 Å². The maximum atomic E-state index is 2.51. The van der Waals surface area contributed by atoms with Crippen LogP contribution in [0.4, 0.5) is 0 Å². The second-order valence-electron chi connectivity index (χ2n) is 5.76. The second kappa shape index (κ2) is 4.31. The smallest absolute Gasteiger partial charge is 0.0166 e. The van der Waals surface area contributed by atoms with Crippen molar-refractivity contribution in [1.82, 2.24) is 0 Å². The van der Waals surface area contributed by atoms with Gasteiger partial charge < -0.3 is 0 Å². The van der Waals surface area contributed by atoms with Gasteiger partial charge in [-0.25, -0.2) is 0 Å². The fourth-order valence-electron chi connectivity index (χ4n) is 3.96. The Kier molecular flexibility index (Phi) is 3.68. The molecule has 1 saturated carbocycles. The van der Waals surface area contributed by atoms with Crippen molar-refractivity contribution in [1.29, 1.82) is 0 Å². The summed E-state index contributed by atoms with van der Waals surface area (Å²) in [5.74, 6) is 1.59. The Bertz CT molecular complexity index is 232. The van der Waals surface area contributed by atoms with Crippen molar-refractivity contribution in [3.05, 3.63) is 12.2 Å². The SMILES string of the molecule is CC=CC1CC(CC)(CC)C1(C)C(C)C. The molecule has 88 valence electrons. The zero-order valence-corrected chi connectivity index (χ0v) is 11.4. The first-order valence-corrected chi connectivity index (χ1v) is 6.61. The lowest BCUT2D eigenvalue weighted by Gasteiger charge is -2.65. The van der Waals surface area contributed by atoms with Gasteiger partial charge in [-0.15, -0.1) is 0 Å². The van der Waals surface area contributed by atoms with Gasteiger partial charge in [0, 0.05) is 0 Å². The highest BCUT2D eigenvalue weighted by atomic mass is 14.6. The molecule has 0 aromatic carbocycles. The van der Waals surface area contributed by atoms with Crippen LogP contribution in [0.2, 0.25) is 0 Å². The molecule has 0 aliphatic heterocycles. The highest BCUT2D eigenvalue weighted by Crippen LogP contribution is 2.67. The zero-order chi connectivity index (χ0) is 11.7. The molecule has 0 heterocycles. The standard InChI is InChI=1S/C15H28/c1-7-10-13-11-15(8-2,9-3)14(13,6)12(4)5/h7,10,12-13H,8-9,11H2,1-6H3. The van der Waals surface area contributed by atoms with Gasteiger partial charge in [-0.2, -0.15) is 0 Å². The molecule has 0 bridgehead atoms. The van der Waals surface area contributed by atoms with Gasteiger partial charge in [-0.05, 0) is 48.9 Å². The van der Waals surface area contributed by atoms with E-state index in [0.29, 0.717) is 10.8 Å². The minimum Gasteiger partial charge on any atom is -0.0914 e. The summed E-state index contributed by atoms with van der Waals surface area (Å²) < 4.78 is 0. The first-order chi connectivity index (χ1) is 6.98. The Morgan fingerprint density at radius 3 is 2.13 bits per heavy atom. The summed E-state index contributed by atoms with van der Waals surface area (Å²) in [6, 6.07) is 0. The summed E-state index contributed by atoms with van der Waals surface area (Å²) in [6.45, 7) is 14.2. The molecule has 0 saturated heterocycles. The van der Waals surface area contributed by atoms with Crippen molar-refractivity contribution in [3.63, 3.8) is 0 Å². The highest BCUT2D eigenvalue weighted by Gasteiger charge is 2.60. The van der Waals surface area contributed by atoms with Crippen LogP contribution in [0.1, 0.15) is 60.8 Å². The van der Waals surface area contributed by atoms with Crippen LogP contribution in [0.3, 0.4) is 0 Å². The topological polar surface area (TPSA) is 0 Å². The molecule has 0 aromatic rings. The quantitative estimate of drug-likeness (QED) is 0.567. The molecule has 0 nitrogen and oxygen atoms in total. The Morgan fingerprint density at radius 2 is 1.80 bits per heavy atom. The lowest BCUT2D eigenvalue weighted by Crippen LogP contribution is -2.58. The molecule has 1 aliphatic carbocycles. The molecule has 1 fully saturated rings. The van der Waals surface area contributed by atoms with Gasteiger partial charge in [-0.1, -0.05) is 46.8 Å². The van der Waals surface area contributed by atoms with E-state index in [2.05, 4.69) is 53.7 Å². The van der Waals surface area contributed by atoms with E-state index in [0.717, 1.165) is 11.8 Å². The number of hydrogen-bond donors (Lipinski definition) is 0. The monoisotopic (exact) mass is 208 g/mol. The molecule has 0 radical (unpaired) electrons. The van der Waals surface area contributed by atoms with Gasteiger partial charge in [0.05, 0.1) is 0 Å². The maximum Gasteiger partial charge on any atom is -0.0166 e. The van der Waals surface area contributed by atoms with Gasteiger partial charge in [0.15, 0.2) is 0 Å². The molecule has 0 aromatic heterocycles. The third-order valence-electron chi connectivity index (χ3n) is 5.50. The predicted molar refractivity (Wildman–Crippen MR) is 68.9 cm³/mol. The van der Waals surface area contributed by atoms with Gasteiger partial charge in [0.2, 0.25) is 0 Å². The lowest BCUT2D eigenvalue weighted by atomic mass is 9.39. The van der Waals surface area contributed by atoms with Crippen LogP contribution in [0.15, 0.2) is 12.2 Å². The highest BCUT2D eigenvalue weighted by molar-refractivity contribution is 5.15. The molecule has 0 spiro atoms. The minimum absolute atomic E-state index is 0.517. The average Bonchev–Trinajstić information content (AvgIpc) is 2.22. The van der Waals surface area contributed by atoms with Crippen molar-refractivity contribution in [3.8, 4) is 0 Å².